The van der Waals surface area contributed by atoms with E-state index in [-0.39, 0.29) is 0 Å². The molecule has 3 rings (SSSR count). The Balaban J connectivity index is 1.89. The Morgan fingerprint density at radius 1 is 1.39 bits per heavy atom. The van der Waals surface area contributed by atoms with Crippen molar-refractivity contribution >= 4 is 43.7 Å². The monoisotopic (exact) mass is 276 g/mol. The predicted octanol–water partition coefficient (Wildman–Crippen LogP) is 2.97. The second kappa shape index (κ2) is 4.55. The third kappa shape index (κ3) is 2.16. The zero-order valence-electron chi connectivity index (χ0n) is 9.83. The van der Waals surface area contributed by atoms with Gasteiger partial charge in [0.1, 0.15) is 0 Å². The second-order valence-corrected chi connectivity index (χ2v) is 5.79. The van der Waals surface area contributed by atoms with E-state index in [1.807, 2.05) is 30.8 Å². The summed E-state index contributed by atoms with van der Waals surface area (Å²) in [5, 5.41) is 3.05. The molecule has 0 bridgehead atoms. The lowest BCUT2D eigenvalue weighted by molar-refractivity contribution is 0.890. The van der Waals surface area contributed by atoms with Crippen LogP contribution in [-0.4, -0.2) is 17.0 Å². The number of fused-ring (bicyclic) bond motifs is 1. The fourth-order valence-electron chi connectivity index (χ4n) is 1.72. The maximum atomic E-state index is 5.78. The zero-order chi connectivity index (χ0) is 12.5. The summed E-state index contributed by atoms with van der Waals surface area (Å²) in [5.74, 6) is 0. The number of nitrogens with zero attached hydrogens (tertiary/aromatic N) is 3. The molecule has 0 amide bonds. The molecule has 0 atom stereocenters. The summed E-state index contributed by atoms with van der Waals surface area (Å²) in [4.78, 5) is 11.0. The summed E-state index contributed by atoms with van der Waals surface area (Å²) in [7, 11) is 2.03. The first-order chi connectivity index (χ1) is 8.72. The predicted molar refractivity (Wildman–Crippen MR) is 78.3 cm³/mol. The molecule has 0 radical (unpaired) electrons. The maximum absolute atomic E-state index is 5.78. The molecule has 6 heteroatoms. The molecule has 0 fully saturated rings. The molecule has 1 aromatic carbocycles. The van der Waals surface area contributed by atoms with E-state index in [2.05, 4.69) is 20.2 Å². The number of thiazole rings is 2. The summed E-state index contributed by atoms with van der Waals surface area (Å²) in [6.07, 6.45) is 0. The smallest absolute Gasteiger partial charge is 0.186 e. The van der Waals surface area contributed by atoms with E-state index in [0.717, 1.165) is 33.3 Å². The molecule has 0 aliphatic rings. The largest absolute Gasteiger partial charge is 0.399 e. The molecule has 2 N–H and O–H groups in total. The van der Waals surface area contributed by atoms with E-state index >= 15 is 0 Å². The van der Waals surface area contributed by atoms with Crippen molar-refractivity contribution < 1.29 is 0 Å². The molecule has 3 aromatic rings. The van der Waals surface area contributed by atoms with E-state index in [4.69, 9.17) is 5.73 Å². The fraction of sp³-hybridized carbons (Fsp3) is 0.167. The van der Waals surface area contributed by atoms with Gasteiger partial charge in [0.05, 0.1) is 28.0 Å². The molecule has 2 heterocycles. The van der Waals surface area contributed by atoms with Gasteiger partial charge in [0.25, 0.3) is 0 Å². The van der Waals surface area contributed by atoms with Gasteiger partial charge in [-0.1, -0.05) is 11.3 Å². The first-order valence-electron chi connectivity index (χ1n) is 5.46. The Kier molecular flexibility index (Phi) is 2.89. The molecule has 0 aliphatic carbocycles. The van der Waals surface area contributed by atoms with Crippen LogP contribution in [-0.2, 0) is 6.54 Å². The third-order valence-electron chi connectivity index (χ3n) is 2.61. The average Bonchev–Trinajstić information content (AvgIpc) is 2.96. The number of aromatic nitrogens is 2. The summed E-state index contributed by atoms with van der Waals surface area (Å²) in [6.45, 7) is 0.777. The standard InChI is InChI=1S/C12H12N4S2/c1-16(5-9-6-17-7-14-9)12-15-10-3-2-8(13)4-11(10)18-12/h2-4,6-7H,5,13H2,1H3. The Morgan fingerprint density at radius 2 is 2.28 bits per heavy atom. The molecule has 18 heavy (non-hydrogen) atoms. The lowest BCUT2D eigenvalue weighted by Gasteiger charge is -2.13. The lowest BCUT2D eigenvalue weighted by atomic mass is 10.3. The van der Waals surface area contributed by atoms with Crippen LogP contribution in [0.4, 0.5) is 10.8 Å². The van der Waals surface area contributed by atoms with Gasteiger partial charge in [0.2, 0.25) is 0 Å². The van der Waals surface area contributed by atoms with Crippen LogP contribution in [0.15, 0.2) is 29.1 Å². The molecule has 4 nitrogen and oxygen atoms in total. The van der Waals surface area contributed by atoms with Gasteiger partial charge in [-0.3, -0.25) is 0 Å². The highest BCUT2D eigenvalue weighted by Gasteiger charge is 2.09. The molecular weight excluding hydrogens is 264 g/mol. The van der Waals surface area contributed by atoms with Crippen molar-refractivity contribution in [3.63, 3.8) is 0 Å². The van der Waals surface area contributed by atoms with Crippen molar-refractivity contribution in [3.8, 4) is 0 Å². The minimum Gasteiger partial charge on any atom is -0.399 e. The van der Waals surface area contributed by atoms with Crippen LogP contribution in [0.3, 0.4) is 0 Å². The van der Waals surface area contributed by atoms with Gasteiger partial charge in [-0.15, -0.1) is 11.3 Å². The highest BCUT2D eigenvalue weighted by Crippen LogP contribution is 2.30. The van der Waals surface area contributed by atoms with Crippen LogP contribution >= 0.6 is 22.7 Å². The first kappa shape index (κ1) is 11.4. The topological polar surface area (TPSA) is 55.0 Å². The van der Waals surface area contributed by atoms with Gasteiger partial charge in [0, 0.05) is 18.1 Å². The number of nitrogen functional groups attached to an aromatic ring is 1. The SMILES string of the molecule is CN(Cc1cscn1)c1nc2ccc(N)cc2s1. The van der Waals surface area contributed by atoms with Crippen LogP contribution in [0.1, 0.15) is 5.69 Å². The Bertz CT molecular complexity index is 660. The average molecular weight is 276 g/mol. The van der Waals surface area contributed by atoms with Crippen LogP contribution < -0.4 is 10.6 Å². The van der Waals surface area contributed by atoms with Crippen molar-refractivity contribution in [2.24, 2.45) is 0 Å². The van der Waals surface area contributed by atoms with Crippen LogP contribution in [0.25, 0.3) is 10.2 Å². The van der Waals surface area contributed by atoms with Gasteiger partial charge in [-0.05, 0) is 18.2 Å². The lowest BCUT2D eigenvalue weighted by Crippen LogP contribution is -2.16. The van der Waals surface area contributed by atoms with Gasteiger partial charge in [-0.25, -0.2) is 9.97 Å². The van der Waals surface area contributed by atoms with Gasteiger partial charge in [0.15, 0.2) is 5.13 Å². The van der Waals surface area contributed by atoms with Crippen molar-refractivity contribution in [1.29, 1.82) is 0 Å². The number of hydrogen-bond donors (Lipinski definition) is 1. The number of nitrogens with two attached hydrogens (primary N) is 1. The van der Waals surface area contributed by atoms with Gasteiger partial charge >= 0.3 is 0 Å². The Morgan fingerprint density at radius 3 is 3.06 bits per heavy atom. The maximum Gasteiger partial charge on any atom is 0.186 e. The van der Waals surface area contributed by atoms with E-state index in [9.17, 15) is 0 Å². The summed E-state index contributed by atoms with van der Waals surface area (Å²) < 4.78 is 1.12. The van der Waals surface area contributed by atoms with Crippen molar-refractivity contribution in [2.75, 3.05) is 17.7 Å². The first-order valence-corrected chi connectivity index (χ1v) is 7.22. The third-order valence-corrected chi connectivity index (χ3v) is 4.38. The van der Waals surface area contributed by atoms with E-state index in [1.54, 1.807) is 22.7 Å². The molecule has 92 valence electrons. The zero-order valence-corrected chi connectivity index (χ0v) is 11.5. The quantitative estimate of drug-likeness (QED) is 0.747. The summed E-state index contributed by atoms with van der Waals surface area (Å²) >= 11 is 3.26. The van der Waals surface area contributed by atoms with Gasteiger partial charge in [-0.2, -0.15) is 0 Å². The molecule has 0 saturated carbocycles. The number of benzene rings is 1. The molecule has 0 unspecified atom stereocenters. The van der Waals surface area contributed by atoms with E-state index in [1.165, 1.54) is 0 Å². The molecule has 0 saturated heterocycles. The van der Waals surface area contributed by atoms with Crippen LogP contribution in [0, 0.1) is 0 Å². The molecule has 0 spiro atoms. The second-order valence-electron chi connectivity index (χ2n) is 4.06. The van der Waals surface area contributed by atoms with Crippen LogP contribution in [0.2, 0.25) is 0 Å². The number of hydrogen-bond acceptors (Lipinski definition) is 6. The van der Waals surface area contributed by atoms with Gasteiger partial charge < -0.3 is 10.6 Å². The minimum absolute atomic E-state index is 0.777. The Hall–Kier alpha value is -1.66. The molecule has 0 aliphatic heterocycles. The van der Waals surface area contributed by atoms with Crippen molar-refractivity contribution in [2.45, 2.75) is 6.54 Å². The Labute approximate surface area is 113 Å². The van der Waals surface area contributed by atoms with Crippen LogP contribution in [0.5, 0.6) is 0 Å². The van der Waals surface area contributed by atoms with E-state index in [0.29, 0.717) is 0 Å². The minimum atomic E-state index is 0.777. The normalized spacial score (nSPS) is 10.9. The summed E-state index contributed by atoms with van der Waals surface area (Å²) in [5.41, 5.74) is 10.5. The van der Waals surface area contributed by atoms with E-state index < -0.39 is 0 Å². The fourth-order valence-corrected chi connectivity index (χ4v) is 3.24. The van der Waals surface area contributed by atoms with Crippen molar-refractivity contribution in [1.82, 2.24) is 9.97 Å². The highest BCUT2D eigenvalue weighted by molar-refractivity contribution is 7.22. The number of rotatable bonds is 3. The molecular formula is C12H12N4S2. The molecule has 2 aromatic heterocycles. The number of anilines is 2. The van der Waals surface area contributed by atoms with Crippen molar-refractivity contribution in [3.05, 3.63) is 34.8 Å². The summed E-state index contributed by atoms with van der Waals surface area (Å²) in [6, 6.07) is 5.81. The highest BCUT2D eigenvalue weighted by atomic mass is 32.1.